The number of thiocarbonyl (C=S) groups is 1. The first kappa shape index (κ1) is 25.8. The first-order chi connectivity index (χ1) is 18.4. The summed E-state index contributed by atoms with van der Waals surface area (Å²) in [4.78, 5) is 19.0. The normalized spacial score (nSPS) is 17.0. The van der Waals surface area contributed by atoms with Crippen LogP contribution in [0.1, 0.15) is 37.3 Å². The van der Waals surface area contributed by atoms with Crippen molar-refractivity contribution in [3.05, 3.63) is 102 Å². The summed E-state index contributed by atoms with van der Waals surface area (Å²) in [7, 11) is 1.67. The van der Waals surface area contributed by atoms with Gasteiger partial charge in [-0.3, -0.25) is 9.78 Å². The minimum atomic E-state index is -0.260. The molecule has 1 amide bonds. The van der Waals surface area contributed by atoms with Crippen LogP contribution in [0.2, 0.25) is 5.02 Å². The Morgan fingerprint density at radius 3 is 2.61 bits per heavy atom. The lowest BCUT2D eigenvalue weighted by Crippen LogP contribution is -2.30. The number of carbonyl (C=O) groups excluding carboxylic acids is 1. The first-order valence-corrected chi connectivity index (χ1v) is 13.1. The Morgan fingerprint density at radius 2 is 1.89 bits per heavy atom. The zero-order chi connectivity index (χ0) is 26.8. The van der Waals surface area contributed by atoms with Crippen molar-refractivity contribution in [3.63, 3.8) is 0 Å². The van der Waals surface area contributed by atoms with Crippen LogP contribution >= 0.6 is 23.8 Å². The monoisotopic (exact) mass is 545 g/mol. The lowest BCUT2D eigenvalue weighted by Gasteiger charge is -2.29. The molecule has 0 bridgehead atoms. The molecule has 7 nitrogen and oxygen atoms in total. The maximum atomic E-state index is 12.3. The second-order valence-electron chi connectivity index (χ2n) is 9.28. The lowest BCUT2D eigenvalue weighted by molar-refractivity contribution is -0.118. The third-order valence-electron chi connectivity index (χ3n) is 6.54. The second-order valence-corrected chi connectivity index (χ2v) is 10.1. The maximum absolute atomic E-state index is 12.3. The van der Waals surface area contributed by atoms with Crippen LogP contribution in [0.15, 0.2) is 85.2 Å². The summed E-state index contributed by atoms with van der Waals surface area (Å²) < 4.78 is 7.78. The molecule has 0 unspecified atom stereocenters. The molecule has 2 aromatic heterocycles. The van der Waals surface area contributed by atoms with Gasteiger partial charge in [0.2, 0.25) is 5.91 Å². The van der Waals surface area contributed by atoms with Crippen LogP contribution in [-0.2, 0) is 4.79 Å². The Kier molecular flexibility index (Phi) is 7.35. The van der Waals surface area contributed by atoms with Crippen LogP contribution in [0.3, 0.4) is 0 Å². The Hall–Kier alpha value is -3.88. The van der Waals surface area contributed by atoms with Crippen molar-refractivity contribution >= 4 is 46.2 Å². The first-order valence-electron chi connectivity index (χ1n) is 12.3. The van der Waals surface area contributed by atoms with E-state index in [9.17, 15) is 4.79 Å². The SMILES string of the molecule is COc1ccccc1-n1cccc1[C@@H]1[C@H](c2ccccn2)NC(=S)N1c1ccc(NC(=O)C(C)C)c(Cl)c1. The fraction of sp³-hybridized carbons (Fsp3) is 0.207. The van der Waals surface area contributed by atoms with Crippen molar-refractivity contribution in [1.29, 1.82) is 0 Å². The summed E-state index contributed by atoms with van der Waals surface area (Å²) in [6, 6.07) is 22.9. The predicted molar refractivity (Wildman–Crippen MR) is 155 cm³/mol. The summed E-state index contributed by atoms with van der Waals surface area (Å²) in [6.07, 6.45) is 3.79. The fourth-order valence-corrected chi connectivity index (χ4v) is 5.22. The third-order valence-corrected chi connectivity index (χ3v) is 7.17. The number of ether oxygens (including phenoxy) is 1. The molecule has 1 aliphatic heterocycles. The molecule has 1 fully saturated rings. The van der Waals surface area contributed by atoms with Gasteiger partial charge in [-0.25, -0.2) is 0 Å². The van der Waals surface area contributed by atoms with Crippen LogP contribution in [0.4, 0.5) is 11.4 Å². The van der Waals surface area contributed by atoms with E-state index in [0.29, 0.717) is 15.8 Å². The number of carbonyl (C=O) groups is 1. The van der Waals surface area contributed by atoms with Crippen LogP contribution in [-0.4, -0.2) is 27.7 Å². The summed E-state index contributed by atoms with van der Waals surface area (Å²) >= 11 is 12.5. The largest absolute Gasteiger partial charge is 0.495 e. The molecule has 194 valence electrons. The summed E-state index contributed by atoms with van der Waals surface area (Å²) in [5, 5.41) is 7.35. The number of amides is 1. The van der Waals surface area contributed by atoms with E-state index in [1.54, 1.807) is 13.3 Å². The van der Waals surface area contributed by atoms with Crippen LogP contribution in [0.25, 0.3) is 5.69 Å². The molecule has 0 spiro atoms. The van der Waals surface area contributed by atoms with Crippen molar-refractivity contribution in [2.45, 2.75) is 25.9 Å². The van der Waals surface area contributed by atoms with E-state index in [-0.39, 0.29) is 23.9 Å². The van der Waals surface area contributed by atoms with Gasteiger partial charge in [0.25, 0.3) is 0 Å². The molecule has 1 saturated heterocycles. The highest BCUT2D eigenvalue weighted by molar-refractivity contribution is 7.80. The molecule has 0 saturated carbocycles. The smallest absolute Gasteiger partial charge is 0.226 e. The van der Waals surface area contributed by atoms with Gasteiger partial charge in [-0.1, -0.05) is 43.6 Å². The average Bonchev–Trinajstić information content (AvgIpc) is 3.54. The number of methoxy groups -OCH3 is 1. The average molecular weight is 546 g/mol. The molecule has 2 atom stereocenters. The molecular weight excluding hydrogens is 518 g/mol. The van der Waals surface area contributed by atoms with E-state index in [4.69, 9.17) is 28.6 Å². The van der Waals surface area contributed by atoms with Gasteiger partial charge in [0.1, 0.15) is 11.8 Å². The number of rotatable bonds is 7. The number of hydrogen-bond acceptors (Lipinski definition) is 4. The van der Waals surface area contributed by atoms with Crippen LogP contribution in [0.5, 0.6) is 5.75 Å². The molecule has 3 heterocycles. The Bertz CT molecular complexity index is 1470. The van der Waals surface area contributed by atoms with E-state index < -0.39 is 0 Å². The highest BCUT2D eigenvalue weighted by Gasteiger charge is 2.42. The van der Waals surface area contributed by atoms with E-state index in [0.717, 1.165) is 28.5 Å². The molecule has 0 aliphatic carbocycles. The zero-order valence-electron chi connectivity index (χ0n) is 21.3. The summed E-state index contributed by atoms with van der Waals surface area (Å²) in [5.74, 6) is 0.501. The van der Waals surface area contributed by atoms with E-state index >= 15 is 0 Å². The Morgan fingerprint density at radius 1 is 1.11 bits per heavy atom. The van der Waals surface area contributed by atoms with Gasteiger partial charge in [-0.05, 0) is 66.8 Å². The van der Waals surface area contributed by atoms with Gasteiger partial charge in [-0.2, -0.15) is 0 Å². The zero-order valence-corrected chi connectivity index (χ0v) is 22.8. The number of aromatic nitrogens is 2. The number of pyridine rings is 1. The van der Waals surface area contributed by atoms with Crippen molar-refractivity contribution in [3.8, 4) is 11.4 Å². The molecule has 0 radical (unpaired) electrons. The molecule has 2 N–H and O–H groups in total. The molecule has 38 heavy (non-hydrogen) atoms. The number of nitrogens with zero attached hydrogens (tertiary/aromatic N) is 3. The minimum absolute atomic E-state index is 0.0965. The van der Waals surface area contributed by atoms with Crippen LogP contribution < -0.4 is 20.3 Å². The van der Waals surface area contributed by atoms with Gasteiger partial charge in [-0.15, -0.1) is 0 Å². The number of halogens is 1. The van der Waals surface area contributed by atoms with Crippen molar-refractivity contribution < 1.29 is 9.53 Å². The summed E-state index contributed by atoms with van der Waals surface area (Å²) in [6.45, 7) is 3.68. The van der Waals surface area contributed by atoms with Gasteiger partial charge in [0, 0.05) is 29.7 Å². The van der Waals surface area contributed by atoms with Gasteiger partial charge in [0.05, 0.1) is 35.2 Å². The van der Waals surface area contributed by atoms with Gasteiger partial charge < -0.3 is 24.8 Å². The predicted octanol–water partition coefficient (Wildman–Crippen LogP) is 6.31. The lowest BCUT2D eigenvalue weighted by atomic mass is 10.0. The number of benzene rings is 2. The highest BCUT2D eigenvalue weighted by atomic mass is 35.5. The topological polar surface area (TPSA) is 71.4 Å². The van der Waals surface area contributed by atoms with Crippen molar-refractivity contribution in [1.82, 2.24) is 14.9 Å². The number of hydrogen-bond donors (Lipinski definition) is 2. The minimum Gasteiger partial charge on any atom is -0.495 e. The molecular formula is C29H28ClN5O2S. The quantitative estimate of drug-likeness (QED) is 0.265. The third kappa shape index (κ3) is 4.85. The molecule has 1 aliphatic rings. The van der Waals surface area contributed by atoms with E-state index in [1.807, 2.05) is 86.8 Å². The molecule has 9 heteroatoms. The molecule has 5 rings (SSSR count). The van der Waals surface area contributed by atoms with E-state index in [2.05, 4.69) is 31.2 Å². The van der Waals surface area contributed by atoms with Gasteiger partial charge in [0.15, 0.2) is 5.11 Å². The second kappa shape index (κ2) is 10.8. The van der Waals surface area contributed by atoms with E-state index in [1.165, 1.54) is 0 Å². The molecule has 4 aromatic rings. The Labute approximate surface area is 232 Å². The van der Waals surface area contributed by atoms with Crippen molar-refractivity contribution in [2.75, 3.05) is 17.3 Å². The highest BCUT2D eigenvalue weighted by Crippen LogP contribution is 2.44. The number of anilines is 2. The van der Waals surface area contributed by atoms with Gasteiger partial charge >= 0.3 is 0 Å². The standard InChI is InChI=1S/C29H28ClN5O2S/c1-18(2)28(36)32-21-14-13-19(17-20(21)30)35-27(26(33-29(35)38)22-9-6-7-15-31-22)24-11-8-16-34(24)23-10-4-5-12-25(23)37-3/h4-18,26-27H,1-3H3,(H,32,36)(H,33,38)/t26-,27+/m0/s1. The van der Waals surface area contributed by atoms with Crippen molar-refractivity contribution in [2.24, 2.45) is 5.92 Å². The maximum Gasteiger partial charge on any atom is 0.226 e. The number of para-hydroxylation sites is 2. The summed E-state index contributed by atoms with van der Waals surface area (Å²) in [5.41, 5.74) is 4.12. The fourth-order valence-electron chi connectivity index (χ4n) is 4.65. The number of nitrogens with one attached hydrogen (secondary N) is 2. The Balaban J connectivity index is 1.62. The molecule has 2 aromatic carbocycles. The van der Waals surface area contributed by atoms with Crippen LogP contribution in [0, 0.1) is 5.92 Å².